The molecule has 0 N–H and O–H groups in total. The van der Waals surface area contributed by atoms with E-state index in [2.05, 4.69) is 51.1 Å². The van der Waals surface area contributed by atoms with Crippen LogP contribution in [0.1, 0.15) is 70.7 Å². The second-order valence-corrected chi connectivity index (χ2v) is 12.5. The molecule has 0 fully saturated rings. The van der Waals surface area contributed by atoms with Crippen LogP contribution >= 0.6 is 27.7 Å². The lowest BCUT2D eigenvalue weighted by molar-refractivity contribution is -0.0872. The van der Waals surface area contributed by atoms with E-state index in [4.69, 9.17) is 14.7 Å². The summed E-state index contributed by atoms with van der Waals surface area (Å²) in [6.45, 7) is 5.07. The maximum Gasteiger partial charge on any atom is 0.273 e. The molecule has 6 rings (SSSR count). The molecule has 4 heterocycles. The standard InChI is InChI=1S/C28H33BrN6O2S/c1-17-8-9-28(22-12-18(29)6-7-20(17)22)14-24-21(16-37-28)25(31-27(30-24)38-4)34-10-5-11-35-19(15-34)13-23(32-35)26(36)33(2)3/h6-7,12-13,17H,5,8-11,14-16H2,1-4H3. The van der Waals surface area contributed by atoms with Crippen LogP contribution in [0, 0.1) is 0 Å². The minimum atomic E-state index is -0.362. The van der Waals surface area contributed by atoms with Crippen LogP contribution in [0.25, 0.3) is 0 Å². The zero-order chi connectivity index (χ0) is 26.6. The van der Waals surface area contributed by atoms with Gasteiger partial charge in [-0.1, -0.05) is 40.7 Å². The molecule has 10 heteroatoms. The molecule has 8 nitrogen and oxygen atoms in total. The largest absolute Gasteiger partial charge is 0.365 e. The number of anilines is 1. The minimum Gasteiger partial charge on any atom is -0.365 e. The maximum absolute atomic E-state index is 12.5. The smallest absolute Gasteiger partial charge is 0.273 e. The van der Waals surface area contributed by atoms with E-state index in [1.165, 1.54) is 11.1 Å². The molecule has 200 valence electrons. The fraction of sp³-hybridized carbons (Fsp3) is 0.500. The summed E-state index contributed by atoms with van der Waals surface area (Å²) in [4.78, 5) is 26.5. The van der Waals surface area contributed by atoms with Crippen molar-refractivity contribution in [1.82, 2.24) is 24.6 Å². The van der Waals surface area contributed by atoms with Crippen LogP contribution in [0.4, 0.5) is 5.82 Å². The van der Waals surface area contributed by atoms with Crippen molar-refractivity contribution in [3.8, 4) is 0 Å². The first-order valence-electron chi connectivity index (χ1n) is 13.2. The average Bonchev–Trinajstić information content (AvgIpc) is 3.20. The molecule has 1 amide bonds. The average molecular weight is 598 g/mol. The Morgan fingerprint density at radius 3 is 2.87 bits per heavy atom. The van der Waals surface area contributed by atoms with Crippen molar-refractivity contribution in [3.63, 3.8) is 0 Å². The highest BCUT2D eigenvalue weighted by Gasteiger charge is 2.44. The lowest BCUT2D eigenvalue weighted by atomic mass is 9.71. The Bertz CT molecular complexity index is 1410. The first kappa shape index (κ1) is 25.8. The number of hydrogen-bond donors (Lipinski definition) is 0. The summed E-state index contributed by atoms with van der Waals surface area (Å²) in [5.74, 6) is 1.39. The topological polar surface area (TPSA) is 76.4 Å². The first-order valence-corrected chi connectivity index (χ1v) is 15.2. The van der Waals surface area contributed by atoms with Crippen molar-refractivity contribution < 1.29 is 9.53 Å². The van der Waals surface area contributed by atoms with Gasteiger partial charge in [-0.05, 0) is 60.8 Å². The van der Waals surface area contributed by atoms with Crippen LogP contribution in [0.15, 0.2) is 33.9 Å². The van der Waals surface area contributed by atoms with Crippen molar-refractivity contribution >= 4 is 39.4 Å². The summed E-state index contributed by atoms with van der Waals surface area (Å²) in [7, 11) is 3.51. The molecule has 0 bridgehead atoms. The highest BCUT2D eigenvalue weighted by molar-refractivity contribution is 9.10. The number of hydrogen-bond acceptors (Lipinski definition) is 7. The van der Waals surface area contributed by atoms with Crippen LogP contribution in [-0.4, -0.2) is 57.5 Å². The van der Waals surface area contributed by atoms with Gasteiger partial charge in [0, 0.05) is 43.6 Å². The van der Waals surface area contributed by atoms with E-state index < -0.39 is 0 Å². The second-order valence-electron chi connectivity index (χ2n) is 10.8. The molecule has 3 aromatic rings. The minimum absolute atomic E-state index is 0.0753. The number of fused-ring (bicyclic) bond motifs is 4. The fourth-order valence-corrected chi connectivity index (χ4v) is 6.82. The summed E-state index contributed by atoms with van der Waals surface area (Å²) in [5, 5.41) is 5.39. The predicted octanol–water partition coefficient (Wildman–Crippen LogP) is 5.14. The van der Waals surface area contributed by atoms with Crippen molar-refractivity contribution in [2.24, 2.45) is 0 Å². The number of nitrogens with zero attached hydrogens (tertiary/aromatic N) is 6. The van der Waals surface area contributed by atoms with Gasteiger partial charge in [-0.3, -0.25) is 9.48 Å². The summed E-state index contributed by atoms with van der Waals surface area (Å²) in [5.41, 5.74) is 6.00. The van der Waals surface area contributed by atoms with E-state index in [9.17, 15) is 4.79 Å². The molecular formula is C28H33BrN6O2S. The zero-order valence-corrected chi connectivity index (χ0v) is 24.7. The highest BCUT2D eigenvalue weighted by Crippen LogP contribution is 2.49. The number of aromatic nitrogens is 4. The lowest BCUT2D eigenvalue weighted by Gasteiger charge is -2.44. The maximum atomic E-state index is 12.5. The quantitative estimate of drug-likeness (QED) is 0.306. The summed E-state index contributed by atoms with van der Waals surface area (Å²) in [6.07, 6.45) is 5.78. The number of carbonyl (C=O) groups excluding carboxylic acids is 1. The molecule has 0 saturated carbocycles. The second kappa shape index (κ2) is 9.95. The van der Waals surface area contributed by atoms with Gasteiger partial charge in [-0.2, -0.15) is 5.10 Å². The van der Waals surface area contributed by atoms with E-state index >= 15 is 0 Å². The fourth-order valence-electron chi connectivity index (χ4n) is 6.08. The Morgan fingerprint density at radius 1 is 1.24 bits per heavy atom. The van der Waals surface area contributed by atoms with Crippen LogP contribution < -0.4 is 4.90 Å². The number of aryl methyl sites for hydroxylation is 1. The number of thioether (sulfide) groups is 1. The van der Waals surface area contributed by atoms with Gasteiger partial charge in [0.25, 0.3) is 5.91 Å². The van der Waals surface area contributed by atoms with E-state index in [0.29, 0.717) is 24.8 Å². The van der Waals surface area contributed by atoms with Crippen LogP contribution in [0.5, 0.6) is 0 Å². The third-order valence-electron chi connectivity index (χ3n) is 8.14. The molecule has 2 unspecified atom stereocenters. The van der Waals surface area contributed by atoms with Gasteiger partial charge in [0.1, 0.15) is 5.82 Å². The number of ether oxygens (including phenoxy) is 1. The van der Waals surface area contributed by atoms with E-state index in [1.807, 2.05) is 17.0 Å². The summed E-state index contributed by atoms with van der Waals surface area (Å²) < 4.78 is 9.89. The highest BCUT2D eigenvalue weighted by atomic mass is 79.9. The van der Waals surface area contributed by atoms with Crippen molar-refractivity contribution in [2.75, 3.05) is 31.8 Å². The molecule has 1 spiro atoms. The summed E-state index contributed by atoms with van der Waals surface area (Å²) in [6, 6.07) is 8.56. The Labute approximate surface area is 236 Å². The van der Waals surface area contributed by atoms with Crippen LogP contribution in [-0.2, 0) is 36.5 Å². The molecule has 1 aromatic carbocycles. The molecule has 2 atom stereocenters. The van der Waals surface area contributed by atoms with Gasteiger partial charge >= 0.3 is 0 Å². The normalized spacial score (nSPS) is 22.4. The molecule has 3 aliphatic rings. The molecule has 0 radical (unpaired) electrons. The Kier molecular flexibility index (Phi) is 6.76. The molecule has 0 saturated heterocycles. The Morgan fingerprint density at radius 2 is 2.08 bits per heavy atom. The number of carbonyl (C=O) groups is 1. The van der Waals surface area contributed by atoms with Gasteiger partial charge in [0.05, 0.1) is 30.1 Å². The van der Waals surface area contributed by atoms with Crippen molar-refractivity contribution in [3.05, 3.63) is 62.5 Å². The van der Waals surface area contributed by atoms with Gasteiger partial charge in [-0.15, -0.1) is 0 Å². The van der Waals surface area contributed by atoms with Crippen LogP contribution in [0.2, 0.25) is 0 Å². The van der Waals surface area contributed by atoms with E-state index in [0.717, 1.165) is 71.2 Å². The number of rotatable bonds is 3. The summed E-state index contributed by atoms with van der Waals surface area (Å²) >= 11 is 5.28. The molecule has 2 aliphatic heterocycles. The molecule has 1 aliphatic carbocycles. The predicted molar refractivity (Wildman–Crippen MR) is 152 cm³/mol. The first-order chi connectivity index (χ1) is 18.3. The van der Waals surface area contributed by atoms with Gasteiger partial charge in [0.15, 0.2) is 10.9 Å². The van der Waals surface area contributed by atoms with Gasteiger partial charge in [-0.25, -0.2) is 9.97 Å². The Balaban J connectivity index is 1.37. The molecule has 38 heavy (non-hydrogen) atoms. The zero-order valence-electron chi connectivity index (χ0n) is 22.3. The van der Waals surface area contributed by atoms with Gasteiger partial charge in [0.2, 0.25) is 0 Å². The SMILES string of the molecule is CSc1nc2c(c(N3CCCn4nc(C(=O)N(C)C)cc4C3)n1)COC1(CCC(C)c3ccc(Br)cc31)C2. The Hall–Kier alpha value is -2.43. The number of amides is 1. The van der Waals surface area contributed by atoms with E-state index in [1.54, 1.807) is 30.8 Å². The monoisotopic (exact) mass is 596 g/mol. The van der Waals surface area contributed by atoms with Crippen molar-refractivity contribution in [1.29, 1.82) is 0 Å². The third kappa shape index (κ3) is 4.44. The van der Waals surface area contributed by atoms with Crippen molar-refractivity contribution in [2.45, 2.75) is 69.0 Å². The molecular weight excluding hydrogens is 564 g/mol. The van der Waals surface area contributed by atoms with Crippen LogP contribution in [0.3, 0.4) is 0 Å². The lowest BCUT2D eigenvalue weighted by Crippen LogP contribution is -2.41. The third-order valence-corrected chi connectivity index (χ3v) is 9.18. The molecule has 2 aromatic heterocycles. The van der Waals surface area contributed by atoms with E-state index in [-0.39, 0.29) is 11.5 Å². The van der Waals surface area contributed by atoms with Gasteiger partial charge < -0.3 is 14.5 Å². The number of halogens is 1. The number of benzene rings is 1.